The fourth-order valence-electron chi connectivity index (χ4n) is 1.54. The van der Waals surface area contributed by atoms with Gasteiger partial charge >= 0.3 is 6.18 Å². The van der Waals surface area contributed by atoms with Crippen molar-refractivity contribution in [3.63, 3.8) is 0 Å². The van der Waals surface area contributed by atoms with E-state index in [2.05, 4.69) is 15.3 Å². The highest BCUT2D eigenvalue weighted by Crippen LogP contribution is 2.28. The molecule has 2 N–H and O–H groups in total. The van der Waals surface area contributed by atoms with Crippen molar-refractivity contribution in [2.45, 2.75) is 13.1 Å². The second-order valence-electron chi connectivity index (χ2n) is 3.95. The smallest absolute Gasteiger partial charge is 0.433 e. The summed E-state index contributed by atoms with van der Waals surface area (Å²) < 4.78 is 37.4. The first-order chi connectivity index (χ1) is 8.84. The SMILES string of the molecule is Cc1cc(O)cc(Nc2nccc(C(F)(F)F)n2)c1. The fourth-order valence-corrected chi connectivity index (χ4v) is 1.54. The molecule has 0 fully saturated rings. The average Bonchev–Trinajstić information content (AvgIpc) is 2.26. The third-order valence-electron chi connectivity index (χ3n) is 2.26. The predicted octanol–water partition coefficient (Wildman–Crippen LogP) is 3.25. The molecular formula is C12H10F3N3O. The molecule has 4 nitrogen and oxygen atoms in total. The van der Waals surface area contributed by atoms with Crippen LogP contribution in [0.2, 0.25) is 0 Å². The van der Waals surface area contributed by atoms with Crippen molar-refractivity contribution in [2.24, 2.45) is 0 Å². The molecule has 0 aliphatic carbocycles. The molecular weight excluding hydrogens is 259 g/mol. The van der Waals surface area contributed by atoms with Crippen LogP contribution < -0.4 is 5.32 Å². The zero-order valence-corrected chi connectivity index (χ0v) is 9.86. The van der Waals surface area contributed by atoms with Gasteiger partial charge in [-0.15, -0.1) is 0 Å². The van der Waals surface area contributed by atoms with E-state index in [-0.39, 0.29) is 11.7 Å². The normalized spacial score (nSPS) is 11.4. The molecule has 0 unspecified atom stereocenters. The van der Waals surface area contributed by atoms with Gasteiger partial charge in [0.2, 0.25) is 5.95 Å². The van der Waals surface area contributed by atoms with E-state index in [9.17, 15) is 18.3 Å². The Morgan fingerprint density at radius 1 is 1.21 bits per heavy atom. The average molecular weight is 269 g/mol. The van der Waals surface area contributed by atoms with Gasteiger partial charge in [0.05, 0.1) is 0 Å². The van der Waals surface area contributed by atoms with Crippen molar-refractivity contribution in [1.82, 2.24) is 9.97 Å². The third-order valence-corrected chi connectivity index (χ3v) is 2.26. The highest BCUT2D eigenvalue weighted by atomic mass is 19.4. The Morgan fingerprint density at radius 2 is 1.95 bits per heavy atom. The number of aromatic hydroxyl groups is 1. The van der Waals surface area contributed by atoms with Crippen molar-refractivity contribution in [3.05, 3.63) is 41.7 Å². The number of phenolic OH excluding ortho intramolecular Hbond substituents is 1. The van der Waals surface area contributed by atoms with Gasteiger partial charge < -0.3 is 10.4 Å². The van der Waals surface area contributed by atoms with Crippen LogP contribution in [0.5, 0.6) is 5.75 Å². The number of anilines is 2. The molecule has 0 bridgehead atoms. The summed E-state index contributed by atoms with van der Waals surface area (Å²) in [5.41, 5.74) is 0.146. The van der Waals surface area contributed by atoms with Crippen LogP contribution >= 0.6 is 0 Å². The molecule has 7 heteroatoms. The number of aromatic nitrogens is 2. The minimum atomic E-state index is -4.52. The molecule has 2 aromatic rings. The first-order valence-corrected chi connectivity index (χ1v) is 5.32. The summed E-state index contributed by atoms with van der Waals surface area (Å²) in [6, 6.07) is 5.34. The summed E-state index contributed by atoms with van der Waals surface area (Å²) in [7, 11) is 0. The Morgan fingerprint density at radius 3 is 2.58 bits per heavy atom. The first kappa shape index (κ1) is 13.1. The lowest BCUT2D eigenvalue weighted by Gasteiger charge is -2.09. The van der Waals surface area contributed by atoms with Crippen LogP contribution in [0, 0.1) is 6.92 Å². The number of hydrogen-bond donors (Lipinski definition) is 2. The Balaban J connectivity index is 2.28. The second-order valence-corrected chi connectivity index (χ2v) is 3.95. The second kappa shape index (κ2) is 4.75. The summed E-state index contributed by atoms with van der Waals surface area (Å²) in [5.74, 6) is -0.172. The molecule has 1 aromatic heterocycles. The van der Waals surface area contributed by atoms with E-state index < -0.39 is 11.9 Å². The van der Waals surface area contributed by atoms with Gasteiger partial charge in [0.15, 0.2) is 0 Å². The van der Waals surface area contributed by atoms with Crippen molar-refractivity contribution < 1.29 is 18.3 Å². The Kier molecular flexibility index (Phi) is 3.28. The summed E-state index contributed by atoms with van der Waals surface area (Å²) in [6.45, 7) is 1.75. The topological polar surface area (TPSA) is 58.0 Å². The van der Waals surface area contributed by atoms with Crippen molar-refractivity contribution in [1.29, 1.82) is 0 Å². The number of benzene rings is 1. The number of nitrogens with zero attached hydrogens (tertiary/aromatic N) is 2. The van der Waals surface area contributed by atoms with Gasteiger partial charge in [-0.1, -0.05) is 0 Å². The van der Waals surface area contributed by atoms with Crippen LogP contribution in [0.4, 0.5) is 24.8 Å². The van der Waals surface area contributed by atoms with Crippen molar-refractivity contribution in [2.75, 3.05) is 5.32 Å². The van der Waals surface area contributed by atoms with E-state index in [1.54, 1.807) is 13.0 Å². The van der Waals surface area contributed by atoms with Gasteiger partial charge in [0, 0.05) is 18.0 Å². The molecule has 1 heterocycles. The summed E-state index contributed by atoms with van der Waals surface area (Å²) in [6.07, 6.45) is -3.50. The molecule has 0 amide bonds. The number of aryl methyl sites for hydroxylation is 1. The molecule has 19 heavy (non-hydrogen) atoms. The number of halogens is 3. The number of phenols is 1. The molecule has 0 spiro atoms. The Labute approximate surface area is 106 Å². The number of hydrogen-bond acceptors (Lipinski definition) is 4. The highest BCUT2D eigenvalue weighted by molar-refractivity contribution is 5.57. The largest absolute Gasteiger partial charge is 0.508 e. The van der Waals surface area contributed by atoms with Crippen LogP contribution in [-0.2, 0) is 6.18 Å². The lowest BCUT2D eigenvalue weighted by atomic mass is 10.2. The molecule has 0 aliphatic rings. The van der Waals surface area contributed by atoms with E-state index in [0.717, 1.165) is 17.8 Å². The van der Waals surface area contributed by atoms with Crippen LogP contribution in [0.1, 0.15) is 11.3 Å². The summed E-state index contributed by atoms with van der Waals surface area (Å²) >= 11 is 0. The third kappa shape index (κ3) is 3.34. The van der Waals surface area contributed by atoms with E-state index in [1.165, 1.54) is 12.1 Å². The van der Waals surface area contributed by atoms with Gasteiger partial charge in [-0.25, -0.2) is 9.97 Å². The zero-order valence-electron chi connectivity index (χ0n) is 9.86. The predicted molar refractivity (Wildman–Crippen MR) is 63.2 cm³/mol. The number of rotatable bonds is 2. The lowest BCUT2D eigenvalue weighted by Crippen LogP contribution is -2.10. The van der Waals surface area contributed by atoms with Crippen LogP contribution in [0.3, 0.4) is 0 Å². The standard InChI is InChI=1S/C12H10F3N3O/c1-7-4-8(6-9(19)5-7)17-11-16-3-2-10(18-11)12(13,14)15/h2-6,19H,1H3,(H,16,17,18). The van der Waals surface area contributed by atoms with Crippen LogP contribution in [-0.4, -0.2) is 15.1 Å². The quantitative estimate of drug-likeness (QED) is 0.878. The maximum atomic E-state index is 12.5. The van der Waals surface area contributed by atoms with Crippen molar-refractivity contribution in [3.8, 4) is 5.75 Å². The number of alkyl halides is 3. The monoisotopic (exact) mass is 269 g/mol. The van der Waals surface area contributed by atoms with E-state index >= 15 is 0 Å². The molecule has 0 atom stereocenters. The first-order valence-electron chi connectivity index (χ1n) is 5.32. The molecule has 1 aromatic carbocycles. The van der Waals surface area contributed by atoms with Gasteiger partial charge in [-0.2, -0.15) is 13.2 Å². The Hall–Kier alpha value is -2.31. The van der Waals surface area contributed by atoms with Gasteiger partial charge in [0.1, 0.15) is 11.4 Å². The molecule has 0 saturated heterocycles. The van der Waals surface area contributed by atoms with Crippen molar-refractivity contribution >= 4 is 11.6 Å². The molecule has 100 valence electrons. The van der Waals surface area contributed by atoms with E-state index in [4.69, 9.17) is 0 Å². The van der Waals surface area contributed by atoms with Gasteiger partial charge in [-0.3, -0.25) is 0 Å². The highest BCUT2D eigenvalue weighted by Gasteiger charge is 2.32. The van der Waals surface area contributed by atoms with Gasteiger partial charge in [0.25, 0.3) is 0 Å². The number of nitrogens with one attached hydrogen (secondary N) is 1. The maximum absolute atomic E-state index is 12.5. The van der Waals surface area contributed by atoms with Crippen LogP contribution in [0.15, 0.2) is 30.5 Å². The summed E-state index contributed by atoms with van der Waals surface area (Å²) in [4.78, 5) is 7.07. The fraction of sp³-hybridized carbons (Fsp3) is 0.167. The minimum absolute atomic E-state index is 0.00877. The van der Waals surface area contributed by atoms with E-state index in [0.29, 0.717) is 5.69 Å². The lowest BCUT2D eigenvalue weighted by molar-refractivity contribution is -0.141. The molecule has 2 rings (SSSR count). The minimum Gasteiger partial charge on any atom is -0.508 e. The van der Waals surface area contributed by atoms with Gasteiger partial charge in [-0.05, 0) is 30.7 Å². The summed E-state index contributed by atoms with van der Waals surface area (Å²) in [5, 5.41) is 12.0. The maximum Gasteiger partial charge on any atom is 0.433 e. The van der Waals surface area contributed by atoms with Crippen LogP contribution in [0.25, 0.3) is 0 Å². The molecule has 0 saturated carbocycles. The molecule has 0 aliphatic heterocycles. The zero-order chi connectivity index (χ0) is 14.0. The molecule has 0 radical (unpaired) electrons. The van der Waals surface area contributed by atoms with E-state index in [1.807, 2.05) is 0 Å². The Bertz CT molecular complexity index is 579.